The van der Waals surface area contributed by atoms with Crippen LogP contribution >= 0.6 is 11.6 Å². The molecule has 0 bridgehead atoms. The van der Waals surface area contributed by atoms with E-state index in [1.54, 1.807) is 12.1 Å². The van der Waals surface area contributed by atoms with Crippen molar-refractivity contribution >= 4 is 34.8 Å². The number of amides is 2. The Kier molecular flexibility index (Phi) is 6.86. The second-order valence-corrected chi connectivity index (χ2v) is 7.27. The highest BCUT2D eigenvalue weighted by Gasteiger charge is 2.14. The van der Waals surface area contributed by atoms with E-state index >= 15 is 0 Å². The minimum Gasteiger partial charge on any atom is -0.483 e. The topological polar surface area (TPSA) is 67.4 Å². The Morgan fingerprint density at radius 2 is 1.78 bits per heavy atom. The molecular formula is C21H25ClN2O3. The van der Waals surface area contributed by atoms with Gasteiger partial charge in [0.15, 0.2) is 6.61 Å². The fraction of sp³-hybridized carbons (Fsp3) is 0.333. The molecule has 2 aromatic rings. The molecule has 0 radical (unpaired) electrons. The molecule has 27 heavy (non-hydrogen) atoms. The Balaban J connectivity index is 2.13. The van der Waals surface area contributed by atoms with Crippen LogP contribution in [0.25, 0.3) is 0 Å². The lowest BCUT2D eigenvalue weighted by Crippen LogP contribution is -2.22. The maximum atomic E-state index is 12.4. The first-order valence-corrected chi connectivity index (χ1v) is 9.16. The first-order valence-electron chi connectivity index (χ1n) is 8.78. The monoisotopic (exact) mass is 388 g/mol. The van der Waals surface area contributed by atoms with Crippen LogP contribution in [-0.2, 0) is 9.59 Å². The van der Waals surface area contributed by atoms with Crippen molar-refractivity contribution in [3.8, 4) is 5.75 Å². The normalized spacial score (nSPS) is 10.6. The molecule has 0 saturated carbocycles. The zero-order chi connectivity index (χ0) is 20.1. The van der Waals surface area contributed by atoms with Gasteiger partial charge in [-0.2, -0.15) is 0 Å². The average molecular weight is 389 g/mol. The van der Waals surface area contributed by atoms with Crippen molar-refractivity contribution < 1.29 is 14.3 Å². The van der Waals surface area contributed by atoms with Crippen molar-refractivity contribution in [1.82, 2.24) is 0 Å². The van der Waals surface area contributed by atoms with Crippen molar-refractivity contribution in [2.24, 2.45) is 0 Å². The van der Waals surface area contributed by atoms with Gasteiger partial charge in [-0.25, -0.2) is 0 Å². The number of aryl methyl sites for hydroxylation is 2. The van der Waals surface area contributed by atoms with Crippen LogP contribution in [0.2, 0.25) is 5.02 Å². The first-order chi connectivity index (χ1) is 12.7. The quantitative estimate of drug-likeness (QED) is 0.727. The molecule has 6 heteroatoms. The predicted molar refractivity (Wildman–Crippen MR) is 110 cm³/mol. The molecule has 0 aliphatic carbocycles. The van der Waals surface area contributed by atoms with Gasteiger partial charge < -0.3 is 15.4 Å². The van der Waals surface area contributed by atoms with Crippen LogP contribution in [0.5, 0.6) is 5.75 Å². The number of rotatable bonds is 6. The van der Waals surface area contributed by atoms with Gasteiger partial charge in [-0.05, 0) is 60.7 Å². The van der Waals surface area contributed by atoms with Crippen LogP contribution in [0.15, 0.2) is 30.3 Å². The van der Waals surface area contributed by atoms with Crippen molar-refractivity contribution in [3.05, 3.63) is 52.0 Å². The Labute approximate surface area is 165 Å². The number of halogens is 1. The molecule has 2 N–H and O–H groups in total. The fourth-order valence-corrected chi connectivity index (χ4v) is 2.81. The van der Waals surface area contributed by atoms with Gasteiger partial charge >= 0.3 is 0 Å². The van der Waals surface area contributed by atoms with Gasteiger partial charge in [-0.3, -0.25) is 9.59 Å². The summed E-state index contributed by atoms with van der Waals surface area (Å²) in [6, 6.07) is 9.15. The van der Waals surface area contributed by atoms with Gasteiger partial charge in [-0.15, -0.1) is 0 Å². The average Bonchev–Trinajstić information content (AvgIpc) is 2.57. The number of ether oxygens (including phenoxy) is 1. The lowest BCUT2D eigenvalue weighted by molar-refractivity contribution is -0.118. The highest BCUT2D eigenvalue weighted by Crippen LogP contribution is 2.32. The molecule has 2 amide bonds. The van der Waals surface area contributed by atoms with Crippen molar-refractivity contribution in [1.29, 1.82) is 0 Å². The van der Waals surface area contributed by atoms with E-state index in [2.05, 4.69) is 10.6 Å². The molecule has 0 heterocycles. The molecule has 0 fully saturated rings. The molecule has 2 aromatic carbocycles. The van der Waals surface area contributed by atoms with Gasteiger partial charge in [-0.1, -0.05) is 31.5 Å². The minimum absolute atomic E-state index is 0.145. The number of benzene rings is 2. The fourth-order valence-electron chi connectivity index (χ4n) is 2.64. The lowest BCUT2D eigenvalue weighted by atomic mass is 10.0. The molecule has 0 aliphatic heterocycles. The number of hydrogen-bond acceptors (Lipinski definition) is 3. The van der Waals surface area contributed by atoms with Crippen molar-refractivity contribution in [2.45, 2.75) is 40.5 Å². The van der Waals surface area contributed by atoms with E-state index in [4.69, 9.17) is 16.3 Å². The number of anilines is 2. The van der Waals surface area contributed by atoms with Gasteiger partial charge in [0.1, 0.15) is 5.75 Å². The Hall–Kier alpha value is -2.53. The summed E-state index contributed by atoms with van der Waals surface area (Å²) in [7, 11) is 0. The van der Waals surface area contributed by atoms with Crippen LogP contribution in [-0.4, -0.2) is 18.4 Å². The summed E-state index contributed by atoms with van der Waals surface area (Å²) < 4.78 is 5.76. The molecule has 2 rings (SSSR count). The number of nitrogens with one attached hydrogen (secondary N) is 2. The summed E-state index contributed by atoms with van der Waals surface area (Å²) in [5.74, 6) is 0.344. The largest absolute Gasteiger partial charge is 0.483 e. The summed E-state index contributed by atoms with van der Waals surface area (Å²) >= 11 is 6.20. The Morgan fingerprint density at radius 1 is 1.07 bits per heavy atom. The third-order valence-corrected chi connectivity index (χ3v) is 4.44. The van der Waals surface area contributed by atoms with E-state index in [0.29, 0.717) is 22.1 Å². The maximum Gasteiger partial charge on any atom is 0.262 e. The summed E-state index contributed by atoms with van der Waals surface area (Å²) in [4.78, 5) is 23.7. The van der Waals surface area contributed by atoms with E-state index in [1.807, 2.05) is 45.9 Å². The zero-order valence-electron chi connectivity index (χ0n) is 16.3. The molecular weight excluding hydrogens is 364 g/mol. The predicted octanol–water partition coefficient (Wildman–Crippen LogP) is 5.06. The summed E-state index contributed by atoms with van der Waals surface area (Å²) in [5, 5.41) is 6.18. The molecule has 144 valence electrons. The standard InChI is InChI=1S/C21H25ClN2O3/c1-12(2)16-10-17(22)14(4)9-20(16)27-11-21(26)24-19-8-13(3)6-7-18(19)23-15(5)25/h6-10,12H,11H2,1-5H3,(H,23,25)(H,24,26). The summed E-state index contributed by atoms with van der Waals surface area (Å²) in [6.07, 6.45) is 0. The van der Waals surface area contributed by atoms with Crippen LogP contribution in [0.1, 0.15) is 43.4 Å². The highest BCUT2D eigenvalue weighted by atomic mass is 35.5. The van der Waals surface area contributed by atoms with Gasteiger partial charge in [0.2, 0.25) is 5.91 Å². The zero-order valence-corrected chi connectivity index (χ0v) is 17.0. The Bertz CT molecular complexity index is 863. The lowest BCUT2D eigenvalue weighted by Gasteiger charge is -2.16. The van der Waals surface area contributed by atoms with Gasteiger partial charge in [0, 0.05) is 11.9 Å². The van der Waals surface area contributed by atoms with Crippen LogP contribution in [0.4, 0.5) is 11.4 Å². The third kappa shape index (κ3) is 5.73. The minimum atomic E-state index is -0.311. The third-order valence-electron chi connectivity index (χ3n) is 4.03. The molecule has 5 nitrogen and oxygen atoms in total. The van der Waals surface area contributed by atoms with E-state index in [-0.39, 0.29) is 24.3 Å². The smallest absolute Gasteiger partial charge is 0.262 e. The number of carbonyl (C=O) groups is 2. The van der Waals surface area contributed by atoms with E-state index in [0.717, 1.165) is 16.7 Å². The summed E-state index contributed by atoms with van der Waals surface area (Å²) in [6.45, 7) is 9.17. The molecule has 0 spiro atoms. The molecule has 0 unspecified atom stereocenters. The molecule has 0 aromatic heterocycles. The van der Waals surface area contributed by atoms with Gasteiger partial charge in [0.25, 0.3) is 5.91 Å². The van der Waals surface area contributed by atoms with Crippen LogP contribution < -0.4 is 15.4 Å². The SMILES string of the molecule is CC(=O)Nc1ccc(C)cc1NC(=O)COc1cc(C)c(Cl)cc1C(C)C. The molecule has 0 atom stereocenters. The van der Waals surface area contributed by atoms with E-state index in [1.165, 1.54) is 6.92 Å². The molecule has 0 saturated heterocycles. The maximum absolute atomic E-state index is 12.4. The van der Waals surface area contributed by atoms with Crippen molar-refractivity contribution in [3.63, 3.8) is 0 Å². The second-order valence-electron chi connectivity index (χ2n) is 6.86. The van der Waals surface area contributed by atoms with Crippen molar-refractivity contribution in [2.75, 3.05) is 17.2 Å². The Morgan fingerprint density at radius 3 is 2.41 bits per heavy atom. The number of carbonyl (C=O) groups excluding carboxylic acids is 2. The highest BCUT2D eigenvalue weighted by molar-refractivity contribution is 6.31. The van der Waals surface area contributed by atoms with Crippen LogP contribution in [0.3, 0.4) is 0 Å². The van der Waals surface area contributed by atoms with E-state index in [9.17, 15) is 9.59 Å². The first kappa shape index (κ1) is 20.8. The van der Waals surface area contributed by atoms with Gasteiger partial charge in [0.05, 0.1) is 11.4 Å². The molecule has 0 aliphatic rings. The van der Waals surface area contributed by atoms with Crippen LogP contribution in [0, 0.1) is 13.8 Å². The summed E-state index contributed by atoms with van der Waals surface area (Å²) in [5.41, 5.74) is 3.90. The second kappa shape index (κ2) is 8.91. The van der Waals surface area contributed by atoms with E-state index < -0.39 is 0 Å². The number of hydrogen-bond donors (Lipinski definition) is 2.